The molecule has 10 heteroatoms. The molecular weight excluding hydrogens is 474 g/mol. The van der Waals surface area contributed by atoms with Crippen molar-refractivity contribution >= 4 is 29.5 Å². The summed E-state index contributed by atoms with van der Waals surface area (Å²) in [4.78, 5) is 66.0. The minimum atomic E-state index is -1.08. The summed E-state index contributed by atoms with van der Waals surface area (Å²) in [6.45, 7) is 15.5. The zero-order valence-corrected chi connectivity index (χ0v) is 23.8. The summed E-state index contributed by atoms with van der Waals surface area (Å²) >= 11 is 0. The van der Waals surface area contributed by atoms with E-state index < -0.39 is 52.7 Å². The van der Waals surface area contributed by atoms with Gasteiger partial charge in [-0.2, -0.15) is 0 Å². The SMILES string of the molecule is CC(C)C1CCN(C(=O)C(NC(=O)NC(C)(C)C)C(C)(C)C)C1C(=O)NC(CC1CCC1)C(=O)C(N)=O. The number of nitrogens with zero attached hydrogens (tertiary/aromatic N) is 1. The van der Waals surface area contributed by atoms with Gasteiger partial charge in [0, 0.05) is 12.1 Å². The minimum absolute atomic E-state index is 0.0932. The van der Waals surface area contributed by atoms with Crippen LogP contribution in [0, 0.1) is 23.2 Å². The van der Waals surface area contributed by atoms with Gasteiger partial charge in [-0.25, -0.2) is 4.79 Å². The average Bonchev–Trinajstić information content (AvgIpc) is 3.16. The number of likely N-dealkylation sites (tertiary alicyclic amines) is 1. The van der Waals surface area contributed by atoms with Crippen LogP contribution in [0.25, 0.3) is 0 Å². The minimum Gasteiger partial charge on any atom is -0.363 e. The third-order valence-corrected chi connectivity index (χ3v) is 7.40. The first-order valence-electron chi connectivity index (χ1n) is 13.5. The molecule has 0 aromatic heterocycles. The fourth-order valence-corrected chi connectivity index (χ4v) is 5.14. The number of rotatable bonds is 9. The monoisotopic (exact) mass is 521 g/mol. The van der Waals surface area contributed by atoms with Crippen LogP contribution in [0.4, 0.5) is 4.79 Å². The highest BCUT2D eigenvalue weighted by Crippen LogP contribution is 2.34. The summed E-state index contributed by atoms with van der Waals surface area (Å²) in [5, 5.41) is 8.42. The molecule has 37 heavy (non-hydrogen) atoms. The van der Waals surface area contributed by atoms with Crippen molar-refractivity contribution in [3.05, 3.63) is 0 Å². The van der Waals surface area contributed by atoms with E-state index in [-0.39, 0.29) is 23.7 Å². The van der Waals surface area contributed by atoms with Crippen molar-refractivity contribution in [3.63, 3.8) is 0 Å². The van der Waals surface area contributed by atoms with Gasteiger partial charge in [-0.05, 0) is 56.8 Å². The number of carbonyl (C=O) groups is 5. The molecule has 0 aromatic carbocycles. The molecule has 4 unspecified atom stereocenters. The Labute approximate surface area is 221 Å². The molecular formula is C27H47N5O5. The van der Waals surface area contributed by atoms with Crippen molar-refractivity contribution in [2.24, 2.45) is 28.9 Å². The van der Waals surface area contributed by atoms with Gasteiger partial charge in [-0.3, -0.25) is 19.2 Å². The molecule has 1 aliphatic heterocycles. The standard InChI is InChI=1S/C27H47N5O5/c1-15(2)17-12-13-32(24(36)21(26(3,4)5)30-25(37)31-27(6,7)8)19(17)23(35)29-18(20(33)22(28)34)14-16-10-9-11-16/h15-19,21H,9-14H2,1-8H3,(H2,28,34)(H,29,35)(H2,30,31,37). The first-order valence-corrected chi connectivity index (χ1v) is 13.5. The van der Waals surface area contributed by atoms with Crippen LogP contribution in [0.15, 0.2) is 0 Å². The third-order valence-electron chi connectivity index (χ3n) is 7.40. The Morgan fingerprint density at radius 1 is 0.946 bits per heavy atom. The molecule has 2 aliphatic rings. The highest BCUT2D eigenvalue weighted by atomic mass is 16.2. The number of primary amides is 1. The summed E-state index contributed by atoms with van der Waals surface area (Å²) in [7, 11) is 0. The van der Waals surface area contributed by atoms with Gasteiger partial charge in [0.1, 0.15) is 12.1 Å². The van der Waals surface area contributed by atoms with E-state index >= 15 is 0 Å². The van der Waals surface area contributed by atoms with Gasteiger partial charge in [0.2, 0.25) is 17.6 Å². The van der Waals surface area contributed by atoms with Gasteiger partial charge < -0.3 is 26.6 Å². The second kappa shape index (κ2) is 11.8. The number of hydrogen-bond acceptors (Lipinski definition) is 5. The fourth-order valence-electron chi connectivity index (χ4n) is 5.14. The summed E-state index contributed by atoms with van der Waals surface area (Å²) in [5.74, 6) is -2.49. The van der Waals surface area contributed by atoms with Crippen LogP contribution in [-0.4, -0.2) is 64.6 Å². The number of ketones is 1. The van der Waals surface area contributed by atoms with E-state index in [1.54, 1.807) is 0 Å². The van der Waals surface area contributed by atoms with E-state index in [9.17, 15) is 24.0 Å². The second-order valence-corrected chi connectivity index (χ2v) is 13.1. The van der Waals surface area contributed by atoms with E-state index in [0.29, 0.717) is 19.4 Å². The van der Waals surface area contributed by atoms with Gasteiger partial charge >= 0.3 is 6.03 Å². The lowest BCUT2D eigenvalue weighted by Gasteiger charge is -2.37. The fraction of sp³-hybridized carbons (Fsp3) is 0.815. The number of Topliss-reactive ketones (excluding diaryl/α,β-unsaturated/α-hetero) is 1. The third kappa shape index (κ3) is 8.17. The molecule has 0 bridgehead atoms. The summed E-state index contributed by atoms with van der Waals surface area (Å²) in [6.07, 6.45) is 3.91. The first-order chi connectivity index (χ1) is 16.9. The quantitative estimate of drug-likeness (QED) is 0.343. The van der Waals surface area contributed by atoms with Crippen LogP contribution in [-0.2, 0) is 19.2 Å². The maximum atomic E-state index is 13.9. The molecule has 10 nitrogen and oxygen atoms in total. The number of nitrogens with one attached hydrogen (secondary N) is 3. The van der Waals surface area contributed by atoms with Crippen molar-refractivity contribution in [1.29, 1.82) is 0 Å². The van der Waals surface area contributed by atoms with Gasteiger partial charge in [-0.1, -0.05) is 53.9 Å². The number of amides is 5. The van der Waals surface area contributed by atoms with E-state index in [4.69, 9.17) is 5.73 Å². The molecule has 1 heterocycles. The largest absolute Gasteiger partial charge is 0.363 e. The van der Waals surface area contributed by atoms with Crippen LogP contribution in [0.5, 0.6) is 0 Å². The normalized spacial score (nSPS) is 22.1. The molecule has 0 radical (unpaired) electrons. The maximum absolute atomic E-state index is 13.9. The van der Waals surface area contributed by atoms with Crippen LogP contribution in [0.1, 0.15) is 87.5 Å². The smallest absolute Gasteiger partial charge is 0.315 e. The van der Waals surface area contributed by atoms with Gasteiger partial charge in [-0.15, -0.1) is 0 Å². The number of carbonyl (C=O) groups excluding carboxylic acids is 5. The Bertz CT molecular complexity index is 885. The number of urea groups is 1. The molecule has 5 amide bonds. The highest BCUT2D eigenvalue weighted by molar-refractivity contribution is 6.37. The van der Waals surface area contributed by atoms with E-state index in [2.05, 4.69) is 16.0 Å². The molecule has 4 atom stereocenters. The Kier molecular flexibility index (Phi) is 9.76. The Morgan fingerprint density at radius 3 is 1.97 bits per heavy atom. The maximum Gasteiger partial charge on any atom is 0.315 e. The molecule has 0 spiro atoms. The molecule has 1 saturated carbocycles. The van der Waals surface area contributed by atoms with Crippen molar-refractivity contribution in [2.75, 3.05) is 6.54 Å². The van der Waals surface area contributed by atoms with Crippen molar-refractivity contribution in [1.82, 2.24) is 20.9 Å². The van der Waals surface area contributed by atoms with Crippen molar-refractivity contribution < 1.29 is 24.0 Å². The second-order valence-electron chi connectivity index (χ2n) is 13.1. The molecule has 1 aliphatic carbocycles. The predicted octanol–water partition coefficient (Wildman–Crippen LogP) is 2.10. The van der Waals surface area contributed by atoms with Gasteiger partial charge in [0.25, 0.3) is 5.91 Å². The lowest BCUT2D eigenvalue weighted by Crippen LogP contribution is -2.62. The lowest BCUT2D eigenvalue weighted by molar-refractivity contribution is -0.144. The molecule has 1 saturated heterocycles. The topological polar surface area (TPSA) is 151 Å². The summed E-state index contributed by atoms with van der Waals surface area (Å²) in [6, 6.07) is -3.17. The zero-order chi connectivity index (χ0) is 28.3. The van der Waals surface area contributed by atoms with Crippen molar-refractivity contribution in [3.8, 4) is 0 Å². The van der Waals surface area contributed by atoms with Crippen LogP contribution < -0.4 is 21.7 Å². The number of nitrogens with two attached hydrogens (primary N) is 1. The Morgan fingerprint density at radius 2 is 1.54 bits per heavy atom. The summed E-state index contributed by atoms with van der Waals surface area (Å²) in [5.41, 5.74) is 4.16. The van der Waals surface area contributed by atoms with Crippen molar-refractivity contribution in [2.45, 2.75) is 111 Å². The zero-order valence-electron chi connectivity index (χ0n) is 23.8. The molecule has 210 valence electrons. The summed E-state index contributed by atoms with van der Waals surface area (Å²) < 4.78 is 0. The highest BCUT2D eigenvalue weighted by Gasteiger charge is 2.48. The Hall–Kier alpha value is -2.65. The Balaban J connectivity index is 2.31. The number of hydrogen-bond donors (Lipinski definition) is 4. The van der Waals surface area contributed by atoms with E-state index in [1.165, 1.54) is 4.90 Å². The van der Waals surface area contributed by atoms with Crippen LogP contribution in [0.2, 0.25) is 0 Å². The van der Waals surface area contributed by atoms with E-state index in [0.717, 1.165) is 19.3 Å². The lowest BCUT2D eigenvalue weighted by atomic mass is 9.80. The molecule has 2 rings (SSSR count). The molecule has 2 fully saturated rings. The average molecular weight is 522 g/mol. The molecule has 0 aromatic rings. The van der Waals surface area contributed by atoms with Crippen LogP contribution in [0.3, 0.4) is 0 Å². The first kappa shape index (κ1) is 30.6. The van der Waals surface area contributed by atoms with Crippen LogP contribution >= 0.6 is 0 Å². The van der Waals surface area contributed by atoms with Gasteiger partial charge in [0.15, 0.2) is 0 Å². The van der Waals surface area contributed by atoms with Gasteiger partial charge in [0.05, 0.1) is 6.04 Å². The van der Waals surface area contributed by atoms with E-state index in [1.807, 2.05) is 55.4 Å². The molecule has 5 N–H and O–H groups in total. The predicted molar refractivity (Wildman–Crippen MR) is 141 cm³/mol.